The van der Waals surface area contributed by atoms with Crippen molar-refractivity contribution in [3.8, 4) is 0 Å². The van der Waals surface area contributed by atoms with Crippen molar-refractivity contribution in [2.24, 2.45) is 0 Å². The van der Waals surface area contributed by atoms with Crippen molar-refractivity contribution in [3.63, 3.8) is 0 Å². The molecule has 28 valence electrons. The smallest absolute Gasteiger partial charge is 0.149 e. The van der Waals surface area contributed by atoms with Crippen LogP contribution in [0.5, 0.6) is 0 Å². The molecule has 0 atom stereocenters. The third kappa shape index (κ3) is 4.50. The van der Waals surface area contributed by atoms with Crippen LogP contribution in [0.3, 0.4) is 0 Å². The number of hydrogen-bond donors (Lipinski definition) is 1. The van der Waals surface area contributed by atoms with Crippen molar-refractivity contribution >= 4 is 37.5 Å². The highest BCUT2D eigenvalue weighted by Crippen LogP contribution is 1.71. The van der Waals surface area contributed by atoms with Gasteiger partial charge in [-0.3, -0.25) is 0 Å². The van der Waals surface area contributed by atoms with Crippen LogP contribution in [0.25, 0.3) is 0 Å². The molecule has 0 radical (unpaired) electrons. The first-order valence-electron chi connectivity index (χ1n) is 1.37. The lowest BCUT2D eigenvalue weighted by Gasteiger charge is -1.75. The number of thiocarbonyl (C=S) groups is 1. The van der Waals surface area contributed by atoms with Gasteiger partial charge in [0.1, 0.15) is 7.85 Å². The average Bonchev–Trinajstić information content (AvgIpc) is 1.38. The van der Waals surface area contributed by atoms with Gasteiger partial charge in [-0.15, -0.1) is 12.2 Å². The molecule has 0 aliphatic carbocycles. The predicted molar refractivity (Wildman–Crippen MR) is 35.0 cm³/mol. The van der Waals surface area contributed by atoms with Crippen LogP contribution in [0.1, 0.15) is 0 Å². The van der Waals surface area contributed by atoms with Gasteiger partial charge in [0.2, 0.25) is 0 Å². The van der Waals surface area contributed by atoms with Crippen LogP contribution in [-0.4, -0.2) is 18.4 Å². The van der Waals surface area contributed by atoms with Gasteiger partial charge in [0, 0.05) is 5.75 Å². The van der Waals surface area contributed by atoms with E-state index in [-0.39, 0.29) is 0 Å². The molecule has 3 heteroatoms. The van der Waals surface area contributed by atoms with Crippen LogP contribution in [0.2, 0.25) is 0 Å². The van der Waals surface area contributed by atoms with Gasteiger partial charge in [-0.25, -0.2) is 0 Å². The maximum atomic E-state index is 4.62. The van der Waals surface area contributed by atoms with Crippen molar-refractivity contribution in [2.45, 2.75) is 0 Å². The summed E-state index contributed by atoms with van der Waals surface area (Å²) in [5.74, 6) is 0.731. The van der Waals surface area contributed by atoms with Gasteiger partial charge < -0.3 is 0 Å². The Hall–Kier alpha value is 0.505. The predicted octanol–water partition coefficient (Wildman–Crippen LogP) is -0.123. The normalized spacial score (nSPS) is 7.40. The second-order valence-electron chi connectivity index (χ2n) is 0.860. The van der Waals surface area contributed by atoms with Crippen LogP contribution in [0.15, 0.2) is 0 Å². The van der Waals surface area contributed by atoms with Gasteiger partial charge in [0.25, 0.3) is 0 Å². The molecule has 0 unspecified atom stereocenters. The van der Waals surface area contributed by atoms with E-state index in [9.17, 15) is 0 Å². The standard InChI is InChI=1S/C2H5BS2/c3-2(5)1-4/h4H,1,3H2. The molecule has 0 saturated carbocycles. The highest BCUT2D eigenvalue weighted by molar-refractivity contribution is 7.88. The van der Waals surface area contributed by atoms with Crippen molar-refractivity contribution in [2.75, 3.05) is 5.75 Å². The Labute approximate surface area is 43.8 Å². The largest absolute Gasteiger partial charge is 0.175 e. The summed E-state index contributed by atoms with van der Waals surface area (Å²) < 4.78 is 0.952. The highest BCUT2D eigenvalue weighted by atomic mass is 32.1. The maximum Gasteiger partial charge on any atom is 0.149 e. The molecule has 0 rings (SSSR count). The summed E-state index contributed by atoms with van der Waals surface area (Å²) in [5.41, 5.74) is 0. The van der Waals surface area contributed by atoms with Crippen molar-refractivity contribution < 1.29 is 0 Å². The Morgan fingerprint density at radius 2 is 2.20 bits per heavy atom. The topological polar surface area (TPSA) is 0 Å². The minimum Gasteiger partial charge on any atom is -0.175 e. The fraction of sp³-hybridized carbons (Fsp3) is 0.500. The fourth-order valence-electron chi connectivity index (χ4n) is 0. The molecule has 0 heterocycles. The number of hydrogen-bond acceptors (Lipinski definition) is 2. The summed E-state index contributed by atoms with van der Waals surface area (Å²) >= 11 is 8.49. The molecular formula is C2H5BS2. The summed E-state index contributed by atoms with van der Waals surface area (Å²) in [6.07, 6.45) is 0. The van der Waals surface area contributed by atoms with Crippen molar-refractivity contribution in [3.05, 3.63) is 0 Å². The molecular weight excluding hydrogens is 99.0 g/mol. The third-order valence-electron chi connectivity index (χ3n) is 0.223. The first-order chi connectivity index (χ1) is 2.27. The fourth-order valence-corrected chi connectivity index (χ4v) is 0. The lowest BCUT2D eigenvalue weighted by atomic mass is 10.1. The summed E-state index contributed by atoms with van der Waals surface area (Å²) in [6, 6.07) is 0. The van der Waals surface area contributed by atoms with E-state index in [0.717, 1.165) is 10.5 Å². The van der Waals surface area contributed by atoms with E-state index in [4.69, 9.17) is 0 Å². The number of rotatable bonds is 1. The Kier molecular flexibility index (Phi) is 3.00. The first-order valence-corrected chi connectivity index (χ1v) is 2.41. The summed E-state index contributed by atoms with van der Waals surface area (Å²) in [4.78, 5) is 0. The molecule has 0 aromatic carbocycles. The van der Waals surface area contributed by atoms with Crippen LogP contribution in [0, 0.1) is 0 Å². The van der Waals surface area contributed by atoms with E-state index in [1.54, 1.807) is 0 Å². The molecule has 0 aromatic heterocycles. The van der Waals surface area contributed by atoms with E-state index < -0.39 is 0 Å². The Morgan fingerprint density at radius 3 is 2.20 bits per heavy atom. The van der Waals surface area contributed by atoms with Gasteiger partial charge in [-0.05, 0) is 4.76 Å². The zero-order valence-electron chi connectivity index (χ0n) is 3.06. The second kappa shape index (κ2) is 2.73. The Morgan fingerprint density at radius 1 is 2.00 bits per heavy atom. The zero-order chi connectivity index (χ0) is 4.28. The molecule has 0 aliphatic rings. The third-order valence-corrected chi connectivity index (χ3v) is 1.06. The van der Waals surface area contributed by atoms with Crippen LogP contribution >= 0.6 is 24.8 Å². The van der Waals surface area contributed by atoms with E-state index >= 15 is 0 Å². The monoisotopic (exact) mass is 104 g/mol. The minimum absolute atomic E-state index is 0.731. The quantitative estimate of drug-likeness (QED) is 0.275. The van der Waals surface area contributed by atoms with Crippen LogP contribution in [0.4, 0.5) is 0 Å². The van der Waals surface area contributed by atoms with Crippen molar-refractivity contribution in [1.82, 2.24) is 0 Å². The Bertz CT molecular complexity index is 42.9. The molecule has 5 heavy (non-hydrogen) atoms. The van der Waals surface area contributed by atoms with Crippen LogP contribution in [-0.2, 0) is 0 Å². The average molecular weight is 104 g/mol. The van der Waals surface area contributed by atoms with E-state index in [1.165, 1.54) is 0 Å². The highest BCUT2D eigenvalue weighted by Gasteiger charge is 1.72. The molecule has 0 fully saturated rings. The molecule has 0 amide bonds. The van der Waals surface area contributed by atoms with Gasteiger partial charge in [-0.2, -0.15) is 12.6 Å². The van der Waals surface area contributed by atoms with E-state index in [1.807, 2.05) is 7.85 Å². The first kappa shape index (κ1) is 5.50. The van der Waals surface area contributed by atoms with Gasteiger partial charge in [0.05, 0.1) is 0 Å². The maximum absolute atomic E-state index is 4.62. The summed E-state index contributed by atoms with van der Waals surface area (Å²) in [5, 5.41) is 0. The molecule has 0 aromatic rings. The lowest BCUT2D eigenvalue weighted by molar-refractivity contribution is 2.16. The van der Waals surface area contributed by atoms with Gasteiger partial charge in [-0.1, -0.05) is 0 Å². The molecule has 0 N–H and O–H groups in total. The SMILES string of the molecule is BC(=S)CS. The number of thiol groups is 1. The summed E-state index contributed by atoms with van der Waals surface area (Å²) in [6.45, 7) is 0. The lowest BCUT2D eigenvalue weighted by Crippen LogP contribution is -1.90. The van der Waals surface area contributed by atoms with E-state index in [0.29, 0.717) is 0 Å². The Balaban J connectivity index is 2.85. The second-order valence-corrected chi connectivity index (χ2v) is 1.87. The molecule has 0 saturated heterocycles. The molecule has 0 bridgehead atoms. The summed E-state index contributed by atoms with van der Waals surface area (Å²) in [7, 11) is 1.88. The van der Waals surface area contributed by atoms with E-state index in [2.05, 4.69) is 24.8 Å². The molecule has 0 aliphatic heterocycles. The minimum atomic E-state index is 0.731. The van der Waals surface area contributed by atoms with Gasteiger partial charge in [0.15, 0.2) is 0 Å². The zero-order valence-corrected chi connectivity index (χ0v) is 4.77. The molecule has 0 spiro atoms. The van der Waals surface area contributed by atoms with Crippen molar-refractivity contribution in [1.29, 1.82) is 0 Å². The van der Waals surface area contributed by atoms with Gasteiger partial charge >= 0.3 is 0 Å². The molecule has 0 nitrogen and oxygen atoms in total. The van der Waals surface area contributed by atoms with Crippen LogP contribution < -0.4 is 0 Å².